The zero-order valence-corrected chi connectivity index (χ0v) is 16.0. The van der Waals surface area contributed by atoms with Crippen molar-refractivity contribution in [3.8, 4) is 0 Å². The van der Waals surface area contributed by atoms with Gasteiger partial charge in [0, 0.05) is 34.8 Å². The molecule has 0 aliphatic heterocycles. The van der Waals surface area contributed by atoms with E-state index in [9.17, 15) is 9.59 Å². The van der Waals surface area contributed by atoms with Gasteiger partial charge in [-0.2, -0.15) is 0 Å². The van der Waals surface area contributed by atoms with E-state index in [1.165, 1.54) is 0 Å². The number of fused-ring (bicyclic) bond motifs is 1. The lowest BCUT2D eigenvalue weighted by Gasteiger charge is -2.10. The van der Waals surface area contributed by atoms with Crippen molar-refractivity contribution in [1.29, 1.82) is 0 Å². The number of hydrogen-bond donors (Lipinski definition) is 2. The van der Waals surface area contributed by atoms with E-state index >= 15 is 0 Å². The summed E-state index contributed by atoms with van der Waals surface area (Å²) in [5, 5.41) is 6.63. The summed E-state index contributed by atoms with van der Waals surface area (Å²) < 4.78 is 3.00. The maximum atomic E-state index is 12.0. The summed E-state index contributed by atoms with van der Waals surface area (Å²) in [5.74, 6) is -0.388. The summed E-state index contributed by atoms with van der Waals surface area (Å²) in [6.45, 7) is 2.45. The third kappa shape index (κ3) is 4.52. The quantitative estimate of drug-likeness (QED) is 0.644. The predicted octanol–water partition coefficient (Wildman–Crippen LogP) is 3.86. The van der Waals surface area contributed by atoms with Crippen molar-refractivity contribution in [2.45, 2.75) is 19.9 Å². The highest BCUT2D eigenvalue weighted by Crippen LogP contribution is 2.19. The van der Waals surface area contributed by atoms with Gasteiger partial charge in [0.2, 0.25) is 11.8 Å². The molecule has 1 aromatic heterocycles. The average molecular weight is 414 g/mol. The normalized spacial score (nSPS) is 10.7. The summed E-state index contributed by atoms with van der Waals surface area (Å²) in [5.41, 5.74) is 2.80. The lowest BCUT2D eigenvalue weighted by atomic mass is 10.2. The molecule has 3 aromatic rings. The molecule has 6 heteroatoms. The van der Waals surface area contributed by atoms with Crippen LogP contribution < -0.4 is 10.6 Å². The molecule has 2 amide bonds. The molecule has 0 aliphatic rings. The van der Waals surface area contributed by atoms with Crippen LogP contribution in [0.25, 0.3) is 10.9 Å². The number of carbonyl (C=O) groups excluding carboxylic acids is 2. The number of nitrogens with zero attached hydrogens (tertiary/aromatic N) is 1. The molecule has 0 radical (unpaired) electrons. The third-order valence-corrected chi connectivity index (χ3v) is 4.66. The predicted molar refractivity (Wildman–Crippen MR) is 107 cm³/mol. The second-order valence-corrected chi connectivity index (χ2v) is 7.02. The van der Waals surface area contributed by atoms with Crippen molar-refractivity contribution >= 4 is 44.3 Å². The SMILES string of the molecule is Cc1cc(Br)ccc1NC(=O)CNC(=O)CCn1ccc2ccccc21. The lowest BCUT2D eigenvalue weighted by Crippen LogP contribution is -2.33. The van der Waals surface area contributed by atoms with Crippen molar-refractivity contribution in [3.63, 3.8) is 0 Å². The molecular formula is C20H20BrN3O2. The zero-order chi connectivity index (χ0) is 18.5. The Morgan fingerprint density at radius 2 is 1.88 bits per heavy atom. The van der Waals surface area contributed by atoms with Gasteiger partial charge in [0.1, 0.15) is 0 Å². The molecule has 0 aliphatic carbocycles. The fourth-order valence-corrected chi connectivity index (χ4v) is 3.26. The van der Waals surface area contributed by atoms with Crippen LogP contribution in [0.2, 0.25) is 0 Å². The van der Waals surface area contributed by atoms with Crippen molar-refractivity contribution in [1.82, 2.24) is 9.88 Å². The Balaban J connectivity index is 1.47. The number of rotatable bonds is 6. The highest BCUT2D eigenvalue weighted by atomic mass is 79.9. The number of amides is 2. The van der Waals surface area contributed by atoms with Crippen LogP contribution in [0.3, 0.4) is 0 Å². The first-order valence-corrected chi connectivity index (χ1v) is 9.19. The van der Waals surface area contributed by atoms with E-state index in [4.69, 9.17) is 0 Å². The van der Waals surface area contributed by atoms with Gasteiger partial charge in [-0.15, -0.1) is 0 Å². The van der Waals surface area contributed by atoms with Gasteiger partial charge in [-0.05, 0) is 48.2 Å². The largest absolute Gasteiger partial charge is 0.347 e. The van der Waals surface area contributed by atoms with Crippen LogP contribution >= 0.6 is 15.9 Å². The third-order valence-electron chi connectivity index (χ3n) is 4.17. The molecule has 0 unspecified atom stereocenters. The topological polar surface area (TPSA) is 63.1 Å². The minimum atomic E-state index is -0.241. The number of para-hydroxylation sites is 1. The summed E-state index contributed by atoms with van der Waals surface area (Å²) in [6.07, 6.45) is 2.30. The second-order valence-electron chi connectivity index (χ2n) is 6.10. The van der Waals surface area contributed by atoms with E-state index in [0.29, 0.717) is 13.0 Å². The van der Waals surface area contributed by atoms with Gasteiger partial charge >= 0.3 is 0 Å². The van der Waals surface area contributed by atoms with Crippen LogP contribution in [-0.2, 0) is 16.1 Å². The zero-order valence-electron chi connectivity index (χ0n) is 14.5. The number of benzene rings is 2. The van der Waals surface area contributed by atoms with Crippen molar-refractivity contribution in [3.05, 3.63) is 64.8 Å². The molecule has 3 rings (SSSR count). The van der Waals surface area contributed by atoms with E-state index in [-0.39, 0.29) is 18.4 Å². The highest BCUT2D eigenvalue weighted by Gasteiger charge is 2.08. The first-order chi connectivity index (χ1) is 12.5. The molecule has 0 saturated heterocycles. The maximum Gasteiger partial charge on any atom is 0.243 e. The van der Waals surface area contributed by atoms with Crippen molar-refractivity contribution < 1.29 is 9.59 Å². The first-order valence-electron chi connectivity index (χ1n) is 8.39. The summed E-state index contributed by atoms with van der Waals surface area (Å²) >= 11 is 3.39. The first kappa shape index (κ1) is 18.2. The number of carbonyl (C=O) groups is 2. The fourth-order valence-electron chi connectivity index (χ4n) is 2.79. The van der Waals surface area contributed by atoms with Crippen LogP contribution in [0.1, 0.15) is 12.0 Å². The Labute approximate surface area is 160 Å². The molecule has 2 N–H and O–H groups in total. The number of hydrogen-bond acceptors (Lipinski definition) is 2. The summed E-state index contributed by atoms with van der Waals surface area (Å²) in [6, 6.07) is 15.7. The molecule has 134 valence electrons. The van der Waals surface area contributed by atoms with E-state index in [1.807, 2.05) is 66.2 Å². The Kier molecular flexibility index (Phi) is 5.73. The molecule has 0 saturated carbocycles. The van der Waals surface area contributed by atoms with Gasteiger partial charge in [0.15, 0.2) is 0 Å². The Morgan fingerprint density at radius 1 is 1.08 bits per heavy atom. The van der Waals surface area contributed by atoms with Gasteiger partial charge in [0.25, 0.3) is 0 Å². The molecule has 0 atom stereocenters. The molecule has 0 spiro atoms. The van der Waals surface area contributed by atoms with Gasteiger partial charge in [-0.1, -0.05) is 34.1 Å². The maximum absolute atomic E-state index is 12.0. The molecule has 1 heterocycles. The number of aromatic nitrogens is 1. The van der Waals surface area contributed by atoms with Crippen LogP contribution in [0.4, 0.5) is 5.69 Å². The smallest absolute Gasteiger partial charge is 0.243 e. The number of halogens is 1. The standard InChI is InChI=1S/C20H20BrN3O2/c1-14-12-16(21)6-7-17(14)23-20(26)13-22-19(25)9-11-24-10-8-15-4-2-3-5-18(15)24/h2-8,10,12H,9,11,13H2,1H3,(H,22,25)(H,23,26). The van der Waals surface area contributed by atoms with Crippen molar-refractivity contribution in [2.24, 2.45) is 0 Å². The van der Waals surface area contributed by atoms with Crippen LogP contribution in [0.15, 0.2) is 59.2 Å². The van der Waals surface area contributed by atoms with Crippen LogP contribution in [0, 0.1) is 6.92 Å². The van der Waals surface area contributed by atoms with E-state index in [1.54, 1.807) is 0 Å². The van der Waals surface area contributed by atoms with Gasteiger partial charge in [0.05, 0.1) is 6.54 Å². The average Bonchev–Trinajstić information content (AvgIpc) is 3.04. The lowest BCUT2D eigenvalue weighted by molar-refractivity contribution is -0.124. The minimum Gasteiger partial charge on any atom is -0.347 e. The monoisotopic (exact) mass is 413 g/mol. The number of nitrogens with one attached hydrogen (secondary N) is 2. The fraction of sp³-hybridized carbons (Fsp3) is 0.200. The van der Waals surface area contributed by atoms with Gasteiger partial charge in [-0.3, -0.25) is 9.59 Å². The highest BCUT2D eigenvalue weighted by molar-refractivity contribution is 9.10. The Bertz CT molecular complexity index is 949. The Hall–Kier alpha value is -2.60. The minimum absolute atomic E-state index is 0.0409. The van der Waals surface area contributed by atoms with Crippen molar-refractivity contribution in [2.75, 3.05) is 11.9 Å². The second kappa shape index (κ2) is 8.19. The number of aryl methyl sites for hydroxylation is 2. The molecule has 26 heavy (non-hydrogen) atoms. The van der Waals surface area contributed by atoms with Crippen LogP contribution in [0.5, 0.6) is 0 Å². The molecule has 5 nitrogen and oxygen atoms in total. The van der Waals surface area contributed by atoms with Gasteiger partial charge < -0.3 is 15.2 Å². The number of anilines is 1. The molecule has 0 bridgehead atoms. The van der Waals surface area contributed by atoms with E-state index in [2.05, 4.69) is 26.6 Å². The summed E-state index contributed by atoms with van der Waals surface area (Å²) in [4.78, 5) is 24.1. The summed E-state index contributed by atoms with van der Waals surface area (Å²) in [7, 11) is 0. The van der Waals surface area contributed by atoms with E-state index in [0.717, 1.165) is 26.6 Å². The molecular weight excluding hydrogens is 394 g/mol. The molecule has 0 fully saturated rings. The van der Waals surface area contributed by atoms with E-state index < -0.39 is 0 Å². The molecule has 2 aromatic carbocycles. The Morgan fingerprint density at radius 3 is 2.69 bits per heavy atom. The van der Waals surface area contributed by atoms with Crippen LogP contribution in [-0.4, -0.2) is 22.9 Å². The van der Waals surface area contributed by atoms with Gasteiger partial charge in [-0.25, -0.2) is 0 Å².